The van der Waals surface area contributed by atoms with E-state index in [0.717, 1.165) is 5.56 Å². The molecule has 1 aromatic heterocycles. The summed E-state index contributed by atoms with van der Waals surface area (Å²) >= 11 is 0. The van der Waals surface area contributed by atoms with Crippen LogP contribution in [-0.4, -0.2) is 11.1 Å². The van der Waals surface area contributed by atoms with Gasteiger partial charge in [0.15, 0.2) is 0 Å². The van der Waals surface area contributed by atoms with Crippen molar-refractivity contribution in [3.8, 4) is 0 Å². The van der Waals surface area contributed by atoms with Gasteiger partial charge in [-0.1, -0.05) is 16.8 Å². The largest absolute Gasteiger partial charge is 0.364 e. The van der Waals surface area contributed by atoms with E-state index in [4.69, 9.17) is 5.84 Å². The monoisotopic (exact) mass is 246 g/mol. The topological polar surface area (TPSA) is 93.2 Å². The minimum absolute atomic E-state index is 0.213. The molecule has 0 aliphatic carbocycles. The molecular weight excluding hydrogens is 232 g/mol. The molecule has 0 atom stereocenters. The van der Waals surface area contributed by atoms with Crippen LogP contribution in [0.1, 0.15) is 21.6 Å². The molecule has 18 heavy (non-hydrogen) atoms. The molecule has 0 spiro atoms. The van der Waals surface area contributed by atoms with Crippen molar-refractivity contribution in [1.82, 2.24) is 10.5 Å². The molecule has 1 heterocycles. The van der Waals surface area contributed by atoms with Gasteiger partial charge in [0.2, 0.25) is 0 Å². The van der Waals surface area contributed by atoms with Crippen LogP contribution in [0, 0.1) is 6.92 Å². The predicted molar refractivity (Wildman–Crippen MR) is 66.7 cm³/mol. The van der Waals surface area contributed by atoms with Crippen molar-refractivity contribution in [3.05, 3.63) is 47.3 Å². The molecule has 6 heteroatoms. The number of hydrazine groups is 1. The van der Waals surface area contributed by atoms with Crippen molar-refractivity contribution < 1.29 is 9.32 Å². The van der Waals surface area contributed by atoms with Crippen LogP contribution in [0.3, 0.4) is 0 Å². The highest BCUT2D eigenvalue weighted by molar-refractivity contribution is 5.99. The Morgan fingerprint density at radius 1 is 1.44 bits per heavy atom. The highest BCUT2D eigenvalue weighted by Gasteiger charge is 2.11. The third kappa shape index (κ3) is 2.67. The smallest absolute Gasteiger partial charge is 0.253 e. The lowest BCUT2D eigenvalue weighted by molar-refractivity contribution is 0.0951. The summed E-state index contributed by atoms with van der Waals surface area (Å²) < 4.78 is 4.68. The van der Waals surface area contributed by atoms with Crippen molar-refractivity contribution in [3.63, 3.8) is 0 Å². The Morgan fingerprint density at radius 2 is 2.28 bits per heavy atom. The van der Waals surface area contributed by atoms with Gasteiger partial charge in [0.05, 0.1) is 17.8 Å². The molecule has 2 aromatic rings. The summed E-state index contributed by atoms with van der Waals surface area (Å²) in [6, 6.07) is 7.11. The summed E-state index contributed by atoms with van der Waals surface area (Å²) in [7, 11) is 0. The van der Waals surface area contributed by atoms with E-state index in [9.17, 15) is 4.79 Å². The third-order valence-corrected chi connectivity index (χ3v) is 2.50. The fourth-order valence-electron chi connectivity index (χ4n) is 1.57. The van der Waals surface area contributed by atoms with Gasteiger partial charge in [0.1, 0.15) is 12.0 Å². The molecule has 6 nitrogen and oxygen atoms in total. The van der Waals surface area contributed by atoms with Crippen molar-refractivity contribution in [2.75, 3.05) is 5.43 Å². The molecule has 0 unspecified atom stereocenters. The predicted octanol–water partition coefficient (Wildman–Crippen LogP) is 1.20. The normalized spacial score (nSPS) is 10.1. The summed E-state index contributed by atoms with van der Waals surface area (Å²) in [6.07, 6.45) is 1.46. The van der Waals surface area contributed by atoms with E-state index in [2.05, 4.69) is 20.4 Å². The fourth-order valence-corrected chi connectivity index (χ4v) is 1.57. The molecule has 94 valence electrons. The molecule has 4 N–H and O–H groups in total. The summed E-state index contributed by atoms with van der Waals surface area (Å²) in [5, 5.41) is 6.46. The van der Waals surface area contributed by atoms with Crippen LogP contribution in [0.4, 0.5) is 5.69 Å². The average Bonchev–Trinajstić information content (AvgIpc) is 2.89. The maximum Gasteiger partial charge on any atom is 0.253 e. The van der Waals surface area contributed by atoms with Gasteiger partial charge >= 0.3 is 0 Å². The minimum atomic E-state index is -0.213. The quantitative estimate of drug-likeness (QED) is 0.556. The third-order valence-electron chi connectivity index (χ3n) is 2.50. The Hall–Kier alpha value is -2.34. The number of hydrogen-bond donors (Lipinski definition) is 3. The molecule has 0 saturated carbocycles. The van der Waals surface area contributed by atoms with Gasteiger partial charge in [-0.25, -0.2) is 0 Å². The Balaban J connectivity index is 2.10. The molecule has 2 rings (SSSR count). The number of nitrogens with two attached hydrogens (primary N) is 1. The maximum absolute atomic E-state index is 12.0. The summed E-state index contributed by atoms with van der Waals surface area (Å²) in [5.41, 5.74) is 5.24. The van der Waals surface area contributed by atoms with E-state index in [1.165, 1.54) is 6.26 Å². The molecule has 0 saturated heterocycles. The molecule has 0 aliphatic heterocycles. The average molecular weight is 246 g/mol. The number of carbonyl (C=O) groups excluding carboxylic acids is 1. The van der Waals surface area contributed by atoms with Gasteiger partial charge in [-0.2, -0.15) is 0 Å². The maximum atomic E-state index is 12.0. The van der Waals surface area contributed by atoms with Crippen molar-refractivity contribution >= 4 is 11.6 Å². The molecule has 1 amide bonds. The first-order chi connectivity index (χ1) is 8.70. The molecule has 1 aromatic carbocycles. The van der Waals surface area contributed by atoms with Crippen LogP contribution in [0.5, 0.6) is 0 Å². The molecular formula is C12H14N4O2. The number of nitrogens with zero attached hydrogens (tertiary/aromatic N) is 1. The first kappa shape index (κ1) is 12.1. The van der Waals surface area contributed by atoms with Crippen molar-refractivity contribution in [2.45, 2.75) is 13.5 Å². The first-order valence-electron chi connectivity index (χ1n) is 5.45. The van der Waals surface area contributed by atoms with Gasteiger partial charge in [0, 0.05) is 6.07 Å². The highest BCUT2D eigenvalue weighted by atomic mass is 16.5. The number of aromatic nitrogens is 1. The lowest BCUT2D eigenvalue weighted by Gasteiger charge is -2.09. The second kappa shape index (κ2) is 5.33. The second-order valence-electron chi connectivity index (χ2n) is 3.87. The summed E-state index contributed by atoms with van der Waals surface area (Å²) in [6.45, 7) is 2.22. The number of aryl methyl sites for hydroxylation is 1. The number of amides is 1. The minimum Gasteiger partial charge on any atom is -0.364 e. The van der Waals surface area contributed by atoms with Crippen molar-refractivity contribution in [2.24, 2.45) is 5.84 Å². The second-order valence-corrected chi connectivity index (χ2v) is 3.87. The fraction of sp³-hybridized carbons (Fsp3) is 0.167. The first-order valence-corrected chi connectivity index (χ1v) is 5.45. The van der Waals surface area contributed by atoms with Gasteiger partial charge in [0.25, 0.3) is 5.91 Å². The Kier molecular flexibility index (Phi) is 3.59. The lowest BCUT2D eigenvalue weighted by Crippen LogP contribution is -2.25. The van der Waals surface area contributed by atoms with Crippen LogP contribution < -0.4 is 16.6 Å². The Morgan fingerprint density at radius 3 is 2.94 bits per heavy atom. The molecule has 0 aliphatic rings. The summed E-state index contributed by atoms with van der Waals surface area (Å²) in [5.74, 6) is 5.16. The number of nitrogens with one attached hydrogen (secondary N) is 2. The van der Waals surface area contributed by atoms with E-state index in [1.54, 1.807) is 18.2 Å². The number of hydrogen-bond acceptors (Lipinski definition) is 5. The van der Waals surface area contributed by atoms with E-state index in [0.29, 0.717) is 23.5 Å². The number of nitrogen functional groups attached to an aromatic ring is 1. The zero-order valence-corrected chi connectivity index (χ0v) is 9.93. The Bertz CT molecular complexity index is 537. The van der Waals surface area contributed by atoms with Crippen LogP contribution in [-0.2, 0) is 6.54 Å². The van der Waals surface area contributed by atoms with Gasteiger partial charge < -0.3 is 15.3 Å². The van der Waals surface area contributed by atoms with E-state index in [-0.39, 0.29) is 5.91 Å². The van der Waals surface area contributed by atoms with Crippen LogP contribution in [0.15, 0.2) is 35.1 Å². The van der Waals surface area contributed by atoms with E-state index >= 15 is 0 Å². The number of anilines is 1. The zero-order chi connectivity index (χ0) is 13.0. The van der Waals surface area contributed by atoms with E-state index in [1.807, 2.05) is 13.0 Å². The molecule has 0 fully saturated rings. The van der Waals surface area contributed by atoms with Crippen LogP contribution in [0.2, 0.25) is 0 Å². The summed E-state index contributed by atoms with van der Waals surface area (Å²) in [4.78, 5) is 12.0. The Labute approximate surface area is 104 Å². The van der Waals surface area contributed by atoms with Gasteiger partial charge in [-0.3, -0.25) is 10.6 Å². The highest BCUT2D eigenvalue weighted by Crippen LogP contribution is 2.16. The zero-order valence-electron chi connectivity index (χ0n) is 9.93. The standard InChI is InChI=1S/C12H14N4O2/c1-8-2-3-11(15-13)10(6-8)12(17)14-7-9-4-5-18-16-9/h2-6,15H,7,13H2,1H3,(H,14,17). The van der Waals surface area contributed by atoms with Gasteiger partial charge in [-0.15, -0.1) is 0 Å². The number of rotatable bonds is 4. The SMILES string of the molecule is Cc1ccc(NN)c(C(=O)NCc2ccon2)c1. The van der Waals surface area contributed by atoms with Crippen molar-refractivity contribution in [1.29, 1.82) is 0 Å². The molecule has 0 bridgehead atoms. The van der Waals surface area contributed by atoms with Crippen LogP contribution >= 0.6 is 0 Å². The van der Waals surface area contributed by atoms with Gasteiger partial charge in [-0.05, 0) is 19.1 Å². The number of benzene rings is 1. The van der Waals surface area contributed by atoms with E-state index < -0.39 is 0 Å². The lowest BCUT2D eigenvalue weighted by atomic mass is 10.1. The number of carbonyl (C=O) groups is 1. The van der Waals surface area contributed by atoms with Crippen LogP contribution in [0.25, 0.3) is 0 Å². The molecule has 0 radical (unpaired) electrons.